The first-order valence-electron chi connectivity index (χ1n) is 13.9. The molecule has 5 heteroatoms. The molecule has 5 rings (SSSR count). The summed E-state index contributed by atoms with van der Waals surface area (Å²) in [5.74, 6) is -0.118. The standard InChI is InChI=1S/C30H46O5/c1-16-8-11-30(25(34)35)13-12-28(6)18(22(30)17(16)2)14-19(31)23-27(5)15-20(32)24(33)26(3,4)21(27)9-10-29(23,28)7/h14,16-17,20-24,32-33H,8-13,15H2,1-7H3,(H,34,35). The molecule has 5 aliphatic carbocycles. The molecule has 0 heterocycles. The van der Waals surface area contributed by atoms with Gasteiger partial charge in [-0.15, -0.1) is 0 Å². The smallest absolute Gasteiger partial charge is 0.310 e. The Bertz CT molecular complexity index is 983. The van der Waals surface area contributed by atoms with Crippen molar-refractivity contribution in [3.63, 3.8) is 0 Å². The summed E-state index contributed by atoms with van der Waals surface area (Å²) in [6.45, 7) is 15.3. The van der Waals surface area contributed by atoms with Crippen molar-refractivity contribution >= 4 is 11.8 Å². The van der Waals surface area contributed by atoms with Crippen LogP contribution in [-0.4, -0.2) is 39.3 Å². The van der Waals surface area contributed by atoms with Gasteiger partial charge in [0.1, 0.15) is 0 Å². The molecule has 3 N–H and O–H groups in total. The number of allylic oxidation sites excluding steroid dienone is 2. The maximum absolute atomic E-state index is 14.3. The van der Waals surface area contributed by atoms with E-state index in [9.17, 15) is 24.9 Å². The van der Waals surface area contributed by atoms with Crippen LogP contribution in [0.3, 0.4) is 0 Å². The van der Waals surface area contributed by atoms with E-state index in [2.05, 4.69) is 48.5 Å². The molecule has 0 amide bonds. The van der Waals surface area contributed by atoms with Crippen LogP contribution in [0.15, 0.2) is 11.6 Å². The molecule has 5 nitrogen and oxygen atoms in total. The van der Waals surface area contributed by atoms with Gasteiger partial charge in [0.15, 0.2) is 5.78 Å². The Morgan fingerprint density at radius 1 is 0.971 bits per heavy atom. The Hall–Kier alpha value is -1.20. The van der Waals surface area contributed by atoms with Crippen LogP contribution in [0.2, 0.25) is 0 Å². The van der Waals surface area contributed by atoms with Crippen LogP contribution in [0.1, 0.15) is 93.4 Å². The SMILES string of the molecule is CC1CCC2(C(=O)O)CCC3(C)C(=CC(=O)C4C5(C)CC(O)C(O)C(C)(C)C5CCC43C)C2C1C. The number of hydrogen-bond acceptors (Lipinski definition) is 4. The highest BCUT2D eigenvalue weighted by molar-refractivity contribution is 5.96. The monoisotopic (exact) mass is 486 g/mol. The zero-order valence-electron chi connectivity index (χ0n) is 22.7. The van der Waals surface area contributed by atoms with E-state index in [0.29, 0.717) is 25.2 Å². The number of rotatable bonds is 1. The van der Waals surface area contributed by atoms with Crippen LogP contribution in [0.5, 0.6) is 0 Å². The Balaban J connectivity index is 1.67. The third-order valence-corrected chi connectivity index (χ3v) is 13.1. The van der Waals surface area contributed by atoms with Crippen LogP contribution in [0, 0.1) is 56.7 Å². The number of aliphatic hydroxyl groups excluding tert-OH is 2. The van der Waals surface area contributed by atoms with Crippen molar-refractivity contribution in [3.05, 3.63) is 11.6 Å². The van der Waals surface area contributed by atoms with Crippen molar-refractivity contribution in [2.75, 3.05) is 0 Å². The van der Waals surface area contributed by atoms with E-state index < -0.39 is 34.4 Å². The summed E-state index contributed by atoms with van der Waals surface area (Å²) in [7, 11) is 0. The highest BCUT2D eigenvalue weighted by Crippen LogP contribution is 2.75. The minimum atomic E-state index is -0.843. The molecule has 0 aromatic rings. The fraction of sp³-hybridized carbons (Fsp3) is 0.867. The lowest BCUT2D eigenvalue weighted by atomic mass is 9.33. The molecule has 0 saturated heterocycles. The van der Waals surface area contributed by atoms with Gasteiger partial charge in [-0.25, -0.2) is 0 Å². The quantitative estimate of drug-likeness (QED) is 0.471. The number of aliphatic hydroxyl groups is 2. The number of carbonyl (C=O) groups is 2. The van der Waals surface area contributed by atoms with Crippen LogP contribution in [0.4, 0.5) is 0 Å². The molecule has 5 aliphatic rings. The van der Waals surface area contributed by atoms with Gasteiger partial charge in [0.2, 0.25) is 0 Å². The molecule has 0 spiro atoms. The number of hydrogen-bond donors (Lipinski definition) is 3. The molecule has 4 saturated carbocycles. The molecule has 0 radical (unpaired) electrons. The van der Waals surface area contributed by atoms with Gasteiger partial charge in [-0.05, 0) is 96.4 Å². The van der Waals surface area contributed by atoms with Crippen molar-refractivity contribution in [1.82, 2.24) is 0 Å². The predicted octanol–water partition coefficient (Wildman–Crippen LogP) is 5.24. The van der Waals surface area contributed by atoms with Crippen molar-refractivity contribution in [1.29, 1.82) is 0 Å². The summed E-state index contributed by atoms with van der Waals surface area (Å²) >= 11 is 0. The average Bonchev–Trinajstić information content (AvgIpc) is 2.75. The number of aliphatic carboxylic acids is 1. The largest absolute Gasteiger partial charge is 0.481 e. The molecule has 11 unspecified atom stereocenters. The van der Waals surface area contributed by atoms with Crippen LogP contribution in [-0.2, 0) is 9.59 Å². The first-order chi connectivity index (χ1) is 16.1. The first kappa shape index (κ1) is 25.4. The van der Waals surface area contributed by atoms with Gasteiger partial charge in [0.25, 0.3) is 0 Å². The van der Waals surface area contributed by atoms with Crippen molar-refractivity contribution in [2.45, 2.75) is 106 Å². The molecule has 0 aromatic carbocycles. The van der Waals surface area contributed by atoms with E-state index in [1.165, 1.54) is 0 Å². The summed E-state index contributed by atoms with van der Waals surface area (Å²) in [6.07, 6.45) is 5.57. The van der Waals surface area contributed by atoms with E-state index >= 15 is 0 Å². The number of ketones is 1. The van der Waals surface area contributed by atoms with Crippen molar-refractivity contribution < 1.29 is 24.9 Å². The maximum atomic E-state index is 14.3. The minimum absolute atomic E-state index is 0.107. The maximum Gasteiger partial charge on any atom is 0.310 e. The van der Waals surface area contributed by atoms with E-state index in [1.54, 1.807) is 0 Å². The Labute approximate surface area is 210 Å². The van der Waals surface area contributed by atoms with Gasteiger partial charge in [-0.2, -0.15) is 0 Å². The second-order valence-corrected chi connectivity index (χ2v) is 14.6. The predicted molar refractivity (Wildman–Crippen MR) is 134 cm³/mol. The van der Waals surface area contributed by atoms with E-state index in [4.69, 9.17) is 0 Å². The normalized spacial score (nSPS) is 55.1. The summed E-state index contributed by atoms with van der Waals surface area (Å²) in [5.41, 5.74) is -1.11. The second-order valence-electron chi connectivity index (χ2n) is 14.6. The fourth-order valence-corrected chi connectivity index (χ4v) is 10.8. The summed E-state index contributed by atoms with van der Waals surface area (Å²) in [4.78, 5) is 27.1. The van der Waals surface area contributed by atoms with E-state index in [0.717, 1.165) is 31.3 Å². The first-order valence-corrected chi connectivity index (χ1v) is 13.9. The Morgan fingerprint density at radius 2 is 1.63 bits per heavy atom. The van der Waals surface area contributed by atoms with Gasteiger partial charge >= 0.3 is 5.97 Å². The lowest BCUT2D eigenvalue weighted by Gasteiger charge is -2.70. The topological polar surface area (TPSA) is 94.8 Å². The molecule has 35 heavy (non-hydrogen) atoms. The van der Waals surface area contributed by atoms with Gasteiger partial charge in [0, 0.05) is 5.92 Å². The number of carbonyl (C=O) groups excluding carboxylic acids is 1. The molecule has 0 bridgehead atoms. The van der Waals surface area contributed by atoms with E-state index in [-0.39, 0.29) is 40.3 Å². The zero-order chi connectivity index (χ0) is 25.9. The molecule has 196 valence electrons. The lowest BCUT2D eigenvalue weighted by molar-refractivity contribution is -0.228. The molecule has 0 aliphatic heterocycles. The van der Waals surface area contributed by atoms with Crippen LogP contribution >= 0.6 is 0 Å². The molecular weight excluding hydrogens is 440 g/mol. The summed E-state index contributed by atoms with van der Waals surface area (Å²) < 4.78 is 0. The van der Waals surface area contributed by atoms with Crippen LogP contribution < -0.4 is 0 Å². The number of carboxylic acids is 1. The third-order valence-electron chi connectivity index (χ3n) is 13.1. The van der Waals surface area contributed by atoms with Gasteiger partial charge in [-0.3, -0.25) is 9.59 Å². The Morgan fingerprint density at radius 3 is 2.26 bits per heavy atom. The molecular formula is C30H46O5. The average molecular weight is 487 g/mol. The van der Waals surface area contributed by atoms with E-state index in [1.807, 2.05) is 6.08 Å². The van der Waals surface area contributed by atoms with Gasteiger partial charge in [-0.1, -0.05) is 54.0 Å². The van der Waals surface area contributed by atoms with Crippen LogP contribution in [0.25, 0.3) is 0 Å². The summed E-state index contributed by atoms with van der Waals surface area (Å²) in [5, 5.41) is 32.3. The van der Waals surface area contributed by atoms with Gasteiger partial charge in [0.05, 0.1) is 17.6 Å². The molecule has 0 aromatic heterocycles. The number of carboxylic acid groups (broad SMARTS) is 1. The molecule has 11 atom stereocenters. The highest BCUT2D eigenvalue weighted by Gasteiger charge is 2.72. The van der Waals surface area contributed by atoms with Crippen molar-refractivity contribution in [2.24, 2.45) is 56.7 Å². The summed E-state index contributed by atoms with van der Waals surface area (Å²) in [6, 6.07) is 0. The van der Waals surface area contributed by atoms with Gasteiger partial charge < -0.3 is 15.3 Å². The zero-order valence-corrected chi connectivity index (χ0v) is 22.7. The highest BCUT2D eigenvalue weighted by atomic mass is 16.4. The lowest BCUT2D eigenvalue weighted by Crippen LogP contribution is -2.69. The Kier molecular flexibility index (Phi) is 5.40. The number of fused-ring (bicyclic) bond motifs is 7. The third kappa shape index (κ3) is 2.89. The molecule has 4 fully saturated rings. The second kappa shape index (κ2) is 7.43. The fourth-order valence-electron chi connectivity index (χ4n) is 10.8. The minimum Gasteiger partial charge on any atom is -0.481 e. The van der Waals surface area contributed by atoms with Crippen molar-refractivity contribution in [3.8, 4) is 0 Å².